The van der Waals surface area contributed by atoms with E-state index in [9.17, 15) is 0 Å². The topological polar surface area (TPSA) is 47.1 Å². The number of hydrogen-bond donors (Lipinski definition) is 1. The highest BCUT2D eigenvalue weighted by molar-refractivity contribution is 5.12. The van der Waals surface area contributed by atoms with E-state index in [0.29, 0.717) is 18.6 Å². The van der Waals surface area contributed by atoms with Crippen LogP contribution in [0.3, 0.4) is 0 Å². The van der Waals surface area contributed by atoms with Crippen LogP contribution in [0.4, 0.5) is 0 Å². The number of aryl methyl sites for hydroxylation is 1. The Bertz CT molecular complexity index is 347. The summed E-state index contributed by atoms with van der Waals surface area (Å²) >= 11 is 0. The summed E-state index contributed by atoms with van der Waals surface area (Å²) in [4.78, 5) is 2.57. The van der Waals surface area contributed by atoms with Crippen LogP contribution in [0.5, 0.6) is 0 Å². The second-order valence-electron chi connectivity index (χ2n) is 4.82. The van der Waals surface area contributed by atoms with E-state index < -0.39 is 0 Å². The molecule has 17 heavy (non-hydrogen) atoms. The monoisotopic (exact) mass is 236 g/mol. The maximum absolute atomic E-state index is 5.97. The van der Waals surface area contributed by atoms with E-state index in [1.807, 2.05) is 10.9 Å². The molecule has 1 saturated heterocycles. The summed E-state index contributed by atoms with van der Waals surface area (Å²) in [6.45, 7) is 7.17. The molecule has 2 heterocycles. The molecule has 96 valence electrons. The molecule has 2 unspecified atom stereocenters. The second kappa shape index (κ2) is 5.65. The summed E-state index contributed by atoms with van der Waals surface area (Å²) in [5.74, 6) is 0. The van der Waals surface area contributed by atoms with Gasteiger partial charge in [0.15, 0.2) is 0 Å². The fraction of sp³-hybridized carbons (Fsp3) is 0.769. The van der Waals surface area contributed by atoms with Gasteiger partial charge in [0.05, 0.1) is 12.2 Å². The summed E-state index contributed by atoms with van der Waals surface area (Å²) in [6, 6.07) is 1.05. The molecule has 0 spiro atoms. The van der Waals surface area contributed by atoms with Gasteiger partial charge in [-0.3, -0.25) is 9.58 Å². The molecular formula is C13H24N4. The van der Waals surface area contributed by atoms with E-state index in [4.69, 9.17) is 5.73 Å². The third-order valence-electron chi connectivity index (χ3n) is 3.88. The standard InChI is InChI=1S/C13H24N4/c1-3-12-6-5-7-17(12)13(8-14)11-9-15-16(4-2)10-11/h9-10,12-13H,3-8,14H2,1-2H3. The molecule has 2 atom stereocenters. The van der Waals surface area contributed by atoms with E-state index in [-0.39, 0.29) is 0 Å². The summed E-state index contributed by atoms with van der Waals surface area (Å²) in [7, 11) is 0. The predicted octanol–water partition coefficient (Wildman–Crippen LogP) is 1.78. The van der Waals surface area contributed by atoms with Crippen LogP contribution in [-0.4, -0.2) is 33.8 Å². The Labute approximate surface area is 104 Å². The lowest BCUT2D eigenvalue weighted by Crippen LogP contribution is -2.37. The minimum Gasteiger partial charge on any atom is -0.329 e. The zero-order chi connectivity index (χ0) is 12.3. The maximum Gasteiger partial charge on any atom is 0.0538 e. The van der Waals surface area contributed by atoms with Gasteiger partial charge in [0.2, 0.25) is 0 Å². The SMILES string of the molecule is CCC1CCCN1C(CN)c1cnn(CC)c1. The number of nitrogens with zero attached hydrogens (tertiary/aromatic N) is 3. The van der Waals surface area contributed by atoms with Gasteiger partial charge in [-0.05, 0) is 32.7 Å². The number of hydrogen-bond acceptors (Lipinski definition) is 3. The van der Waals surface area contributed by atoms with Crippen molar-refractivity contribution in [3.63, 3.8) is 0 Å². The Morgan fingerprint density at radius 1 is 1.53 bits per heavy atom. The molecule has 0 saturated carbocycles. The van der Waals surface area contributed by atoms with Crippen molar-refractivity contribution in [2.75, 3.05) is 13.1 Å². The Hall–Kier alpha value is -0.870. The van der Waals surface area contributed by atoms with Crippen molar-refractivity contribution in [1.82, 2.24) is 14.7 Å². The Kier molecular flexibility index (Phi) is 4.18. The summed E-state index contributed by atoms with van der Waals surface area (Å²) in [5, 5.41) is 4.36. The van der Waals surface area contributed by atoms with Gasteiger partial charge < -0.3 is 5.73 Å². The van der Waals surface area contributed by atoms with E-state index in [1.165, 1.54) is 31.4 Å². The molecule has 1 aromatic heterocycles. The largest absolute Gasteiger partial charge is 0.329 e. The van der Waals surface area contributed by atoms with Gasteiger partial charge in [-0.2, -0.15) is 5.10 Å². The van der Waals surface area contributed by atoms with Gasteiger partial charge in [-0.15, -0.1) is 0 Å². The summed E-state index contributed by atoms with van der Waals surface area (Å²) < 4.78 is 1.98. The fourth-order valence-corrected chi connectivity index (χ4v) is 2.89. The zero-order valence-electron chi connectivity index (χ0n) is 11.0. The molecule has 0 bridgehead atoms. The van der Waals surface area contributed by atoms with Gasteiger partial charge >= 0.3 is 0 Å². The second-order valence-corrected chi connectivity index (χ2v) is 4.82. The smallest absolute Gasteiger partial charge is 0.0538 e. The molecule has 0 aliphatic carbocycles. The quantitative estimate of drug-likeness (QED) is 0.847. The lowest BCUT2D eigenvalue weighted by molar-refractivity contribution is 0.180. The van der Waals surface area contributed by atoms with Gasteiger partial charge in [0.25, 0.3) is 0 Å². The molecule has 0 amide bonds. The van der Waals surface area contributed by atoms with Gasteiger partial charge in [0.1, 0.15) is 0 Å². The highest BCUT2D eigenvalue weighted by atomic mass is 15.3. The lowest BCUT2D eigenvalue weighted by atomic mass is 10.1. The van der Waals surface area contributed by atoms with Crippen molar-refractivity contribution < 1.29 is 0 Å². The van der Waals surface area contributed by atoms with Crippen LogP contribution in [0.2, 0.25) is 0 Å². The minimum atomic E-state index is 0.350. The third kappa shape index (κ3) is 2.53. The molecule has 0 aromatic carbocycles. The van der Waals surface area contributed by atoms with Gasteiger partial charge in [0, 0.05) is 30.9 Å². The first kappa shape index (κ1) is 12.6. The van der Waals surface area contributed by atoms with Crippen molar-refractivity contribution in [1.29, 1.82) is 0 Å². The van der Waals surface area contributed by atoms with Gasteiger partial charge in [-0.25, -0.2) is 0 Å². The van der Waals surface area contributed by atoms with Crippen molar-refractivity contribution in [2.45, 2.75) is 51.7 Å². The van der Waals surface area contributed by atoms with Crippen LogP contribution >= 0.6 is 0 Å². The highest BCUT2D eigenvalue weighted by Gasteiger charge is 2.30. The molecule has 1 aliphatic heterocycles. The average Bonchev–Trinajstić information content (AvgIpc) is 2.99. The van der Waals surface area contributed by atoms with Crippen molar-refractivity contribution in [2.24, 2.45) is 5.73 Å². The van der Waals surface area contributed by atoms with Crippen LogP contribution in [0.1, 0.15) is 44.7 Å². The number of aromatic nitrogens is 2. The Morgan fingerprint density at radius 3 is 2.94 bits per heavy atom. The molecule has 1 fully saturated rings. The molecular weight excluding hydrogens is 212 g/mol. The van der Waals surface area contributed by atoms with E-state index in [1.54, 1.807) is 0 Å². The Balaban J connectivity index is 2.14. The summed E-state index contributed by atoms with van der Waals surface area (Å²) in [5.41, 5.74) is 7.25. The van der Waals surface area contributed by atoms with Crippen molar-refractivity contribution in [3.05, 3.63) is 18.0 Å². The zero-order valence-corrected chi connectivity index (χ0v) is 11.0. The number of rotatable bonds is 5. The normalized spacial score (nSPS) is 23.1. The van der Waals surface area contributed by atoms with Crippen LogP contribution in [0.15, 0.2) is 12.4 Å². The van der Waals surface area contributed by atoms with Crippen LogP contribution in [0.25, 0.3) is 0 Å². The third-order valence-corrected chi connectivity index (χ3v) is 3.88. The lowest BCUT2D eigenvalue weighted by Gasteiger charge is -2.31. The average molecular weight is 236 g/mol. The highest BCUT2D eigenvalue weighted by Crippen LogP contribution is 2.29. The van der Waals surface area contributed by atoms with Crippen LogP contribution in [-0.2, 0) is 6.54 Å². The van der Waals surface area contributed by atoms with Crippen LogP contribution in [0, 0.1) is 0 Å². The minimum absolute atomic E-state index is 0.350. The van der Waals surface area contributed by atoms with E-state index >= 15 is 0 Å². The van der Waals surface area contributed by atoms with E-state index in [2.05, 4.69) is 30.0 Å². The molecule has 1 aliphatic rings. The fourth-order valence-electron chi connectivity index (χ4n) is 2.89. The molecule has 1 aromatic rings. The first-order valence-electron chi connectivity index (χ1n) is 6.78. The van der Waals surface area contributed by atoms with Crippen molar-refractivity contribution >= 4 is 0 Å². The molecule has 4 nitrogen and oxygen atoms in total. The van der Waals surface area contributed by atoms with E-state index in [0.717, 1.165) is 6.54 Å². The molecule has 2 N–H and O–H groups in total. The predicted molar refractivity (Wildman–Crippen MR) is 69.7 cm³/mol. The number of nitrogens with two attached hydrogens (primary N) is 1. The summed E-state index contributed by atoms with van der Waals surface area (Å²) in [6.07, 6.45) is 7.96. The number of likely N-dealkylation sites (tertiary alicyclic amines) is 1. The maximum atomic E-state index is 5.97. The first-order valence-corrected chi connectivity index (χ1v) is 6.78. The molecule has 2 rings (SSSR count). The first-order chi connectivity index (χ1) is 8.30. The van der Waals surface area contributed by atoms with Gasteiger partial charge in [-0.1, -0.05) is 6.92 Å². The molecule has 4 heteroatoms. The molecule has 0 radical (unpaired) electrons. The van der Waals surface area contributed by atoms with Crippen molar-refractivity contribution in [3.8, 4) is 0 Å². The Morgan fingerprint density at radius 2 is 2.35 bits per heavy atom. The van der Waals surface area contributed by atoms with Crippen LogP contribution < -0.4 is 5.73 Å².